The molecule has 0 unspecified atom stereocenters. The van der Waals surface area contributed by atoms with Crippen molar-refractivity contribution in [3.8, 4) is 0 Å². The third-order valence-corrected chi connectivity index (χ3v) is 5.98. The fourth-order valence-electron chi connectivity index (χ4n) is 4.18. The highest BCUT2D eigenvalue weighted by atomic mass is 16.5. The summed E-state index contributed by atoms with van der Waals surface area (Å²) >= 11 is 0. The molecule has 1 amide bonds. The Morgan fingerprint density at radius 3 is 2.42 bits per heavy atom. The lowest BCUT2D eigenvalue weighted by atomic mass is 9.78. The quantitative estimate of drug-likeness (QED) is 0.777. The SMILES string of the molecule is NCC1(C(=O)N2CCC(OCCN3CCCC3)CC2)CCOCC1. The number of amides is 1. The van der Waals surface area contributed by atoms with Crippen LogP contribution in [0.2, 0.25) is 0 Å². The molecular weight excluding hydrogens is 306 g/mol. The van der Waals surface area contributed by atoms with Gasteiger partial charge in [-0.3, -0.25) is 4.79 Å². The molecule has 0 aromatic carbocycles. The lowest BCUT2D eigenvalue weighted by molar-refractivity contribution is -0.149. The van der Waals surface area contributed by atoms with Gasteiger partial charge in [0.15, 0.2) is 0 Å². The van der Waals surface area contributed by atoms with E-state index in [4.69, 9.17) is 15.2 Å². The van der Waals surface area contributed by atoms with Crippen LogP contribution in [-0.4, -0.2) is 80.9 Å². The van der Waals surface area contributed by atoms with E-state index >= 15 is 0 Å². The van der Waals surface area contributed by atoms with E-state index in [2.05, 4.69) is 4.90 Å². The van der Waals surface area contributed by atoms with E-state index in [-0.39, 0.29) is 11.3 Å². The van der Waals surface area contributed by atoms with Crippen molar-refractivity contribution in [3.05, 3.63) is 0 Å². The van der Waals surface area contributed by atoms with Gasteiger partial charge in [-0.2, -0.15) is 0 Å². The molecule has 3 saturated heterocycles. The molecule has 0 aromatic rings. The maximum absolute atomic E-state index is 12.9. The highest BCUT2D eigenvalue weighted by molar-refractivity contribution is 5.83. The number of nitrogens with zero attached hydrogens (tertiary/aromatic N) is 2. The van der Waals surface area contributed by atoms with Gasteiger partial charge in [0.2, 0.25) is 5.91 Å². The van der Waals surface area contributed by atoms with Crippen molar-refractivity contribution in [1.29, 1.82) is 0 Å². The minimum absolute atomic E-state index is 0.240. The van der Waals surface area contributed by atoms with Gasteiger partial charge in [-0.1, -0.05) is 0 Å². The Morgan fingerprint density at radius 1 is 1.12 bits per heavy atom. The van der Waals surface area contributed by atoms with Crippen LogP contribution in [0, 0.1) is 5.41 Å². The average molecular weight is 339 g/mol. The normalized spacial score (nSPS) is 26.0. The number of ether oxygens (including phenoxy) is 2. The van der Waals surface area contributed by atoms with Gasteiger partial charge in [-0.25, -0.2) is 0 Å². The Bertz CT molecular complexity index is 398. The Labute approximate surface area is 145 Å². The van der Waals surface area contributed by atoms with E-state index in [1.54, 1.807) is 0 Å². The minimum Gasteiger partial charge on any atom is -0.381 e. The summed E-state index contributed by atoms with van der Waals surface area (Å²) in [6, 6.07) is 0. The summed E-state index contributed by atoms with van der Waals surface area (Å²) in [6.07, 6.45) is 6.37. The van der Waals surface area contributed by atoms with Crippen molar-refractivity contribution in [1.82, 2.24) is 9.80 Å². The summed E-state index contributed by atoms with van der Waals surface area (Å²) in [6.45, 7) is 7.66. The molecule has 0 saturated carbocycles. The molecule has 0 bridgehead atoms. The lowest BCUT2D eigenvalue weighted by Crippen LogP contribution is -2.53. The number of rotatable bonds is 6. The van der Waals surface area contributed by atoms with Gasteiger partial charge in [0.05, 0.1) is 18.1 Å². The molecule has 0 radical (unpaired) electrons. The standard InChI is InChI=1S/C18H33N3O3/c19-15-18(5-12-23-13-6-18)17(22)21-9-3-16(4-10-21)24-14-11-20-7-1-2-8-20/h16H,1-15,19H2. The first kappa shape index (κ1) is 18.1. The molecule has 3 fully saturated rings. The van der Waals surface area contributed by atoms with Gasteiger partial charge in [-0.15, -0.1) is 0 Å². The van der Waals surface area contributed by atoms with Crippen LogP contribution in [0.15, 0.2) is 0 Å². The van der Waals surface area contributed by atoms with Crippen LogP contribution in [0.3, 0.4) is 0 Å². The molecule has 138 valence electrons. The Kier molecular flexibility index (Phi) is 6.49. The molecule has 3 aliphatic heterocycles. The number of hydrogen-bond acceptors (Lipinski definition) is 5. The van der Waals surface area contributed by atoms with Gasteiger partial charge in [0, 0.05) is 39.4 Å². The van der Waals surface area contributed by atoms with Crippen LogP contribution in [0.4, 0.5) is 0 Å². The van der Waals surface area contributed by atoms with Crippen LogP contribution in [0.25, 0.3) is 0 Å². The first-order valence-electron chi connectivity index (χ1n) is 9.65. The van der Waals surface area contributed by atoms with Crippen LogP contribution in [0.5, 0.6) is 0 Å². The van der Waals surface area contributed by atoms with E-state index in [0.717, 1.165) is 51.9 Å². The van der Waals surface area contributed by atoms with Crippen molar-refractivity contribution in [3.63, 3.8) is 0 Å². The topological polar surface area (TPSA) is 68.0 Å². The predicted molar refractivity (Wildman–Crippen MR) is 92.8 cm³/mol. The maximum atomic E-state index is 12.9. The van der Waals surface area contributed by atoms with E-state index in [0.29, 0.717) is 25.9 Å². The fourth-order valence-corrected chi connectivity index (χ4v) is 4.18. The molecule has 0 spiro atoms. The second kappa shape index (κ2) is 8.61. The molecule has 0 aliphatic carbocycles. The molecule has 3 rings (SSSR count). The summed E-state index contributed by atoms with van der Waals surface area (Å²) < 4.78 is 11.5. The Morgan fingerprint density at radius 2 is 1.79 bits per heavy atom. The number of carbonyl (C=O) groups is 1. The molecule has 0 aromatic heterocycles. The third kappa shape index (κ3) is 4.28. The van der Waals surface area contributed by atoms with Crippen molar-refractivity contribution in [2.45, 2.75) is 44.6 Å². The second-order valence-electron chi connectivity index (χ2n) is 7.51. The number of piperidine rings is 1. The van der Waals surface area contributed by atoms with Crippen LogP contribution < -0.4 is 5.73 Å². The Hall–Kier alpha value is -0.690. The van der Waals surface area contributed by atoms with Crippen molar-refractivity contribution in [2.24, 2.45) is 11.1 Å². The van der Waals surface area contributed by atoms with Crippen molar-refractivity contribution < 1.29 is 14.3 Å². The predicted octanol–water partition coefficient (Wildman–Crippen LogP) is 0.845. The third-order valence-electron chi connectivity index (χ3n) is 5.98. The van der Waals surface area contributed by atoms with E-state index in [9.17, 15) is 4.79 Å². The zero-order valence-corrected chi connectivity index (χ0v) is 14.9. The molecule has 6 nitrogen and oxygen atoms in total. The van der Waals surface area contributed by atoms with Crippen molar-refractivity contribution >= 4 is 5.91 Å². The van der Waals surface area contributed by atoms with Gasteiger partial charge in [0.1, 0.15) is 0 Å². The molecule has 24 heavy (non-hydrogen) atoms. The average Bonchev–Trinajstić information content (AvgIpc) is 3.16. The molecule has 3 aliphatic rings. The van der Waals surface area contributed by atoms with E-state index < -0.39 is 0 Å². The number of nitrogens with two attached hydrogens (primary N) is 1. The molecular formula is C18H33N3O3. The minimum atomic E-state index is -0.387. The molecule has 0 atom stereocenters. The zero-order valence-electron chi connectivity index (χ0n) is 14.9. The smallest absolute Gasteiger partial charge is 0.230 e. The number of hydrogen-bond donors (Lipinski definition) is 1. The Balaban J connectivity index is 1.40. The molecule has 3 heterocycles. The number of likely N-dealkylation sites (tertiary alicyclic amines) is 2. The maximum Gasteiger partial charge on any atom is 0.230 e. The molecule has 6 heteroatoms. The van der Waals surface area contributed by atoms with E-state index in [1.165, 1.54) is 25.9 Å². The monoisotopic (exact) mass is 339 g/mol. The largest absolute Gasteiger partial charge is 0.381 e. The summed E-state index contributed by atoms with van der Waals surface area (Å²) in [5, 5.41) is 0. The summed E-state index contributed by atoms with van der Waals surface area (Å²) in [4.78, 5) is 17.4. The fraction of sp³-hybridized carbons (Fsp3) is 0.944. The summed E-state index contributed by atoms with van der Waals surface area (Å²) in [5.74, 6) is 0.240. The zero-order chi connectivity index (χ0) is 16.8. The lowest BCUT2D eigenvalue weighted by Gasteiger charge is -2.41. The van der Waals surface area contributed by atoms with E-state index in [1.807, 2.05) is 4.90 Å². The number of carbonyl (C=O) groups excluding carboxylic acids is 1. The highest BCUT2D eigenvalue weighted by Crippen LogP contribution is 2.32. The van der Waals surface area contributed by atoms with Gasteiger partial charge >= 0.3 is 0 Å². The van der Waals surface area contributed by atoms with Gasteiger partial charge in [-0.05, 0) is 51.6 Å². The summed E-state index contributed by atoms with van der Waals surface area (Å²) in [5.41, 5.74) is 5.58. The first-order chi connectivity index (χ1) is 11.7. The van der Waals surface area contributed by atoms with Gasteiger partial charge < -0.3 is 25.0 Å². The second-order valence-corrected chi connectivity index (χ2v) is 7.51. The van der Waals surface area contributed by atoms with Crippen molar-refractivity contribution in [2.75, 3.05) is 59.1 Å². The summed E-state index contributed by atoms with van der Waals surface area (Å²) in [7, 11) is 0. The highest BCUT2D eigenvalue weighted by Gasteiger charge is 2.42. The van der Waals surface area contributed by atoms with Crippen LogP contribution in [0.1, 0.15) is 38.5 Å². The van der Waals surface area contributed by atoms with Crippen LogP contribution >= 0.6 is 0 Å². The van der Waals surface area contributed by atoms with Gasteiger partial charge in [0.25, 0.3) is 0 Å². The van der Waals surface area contributed by atoms with Crippen LogP contribution in [-0.2, 0) is 14.3 Å². The molecule has 2 N–H and O–H groups in total. The first-order valence-corrected chi connectivity index (χ1v) is 9.65.